The number of aromatic nitrogens is 1. The lowest BCUT2D eigenvalue weighted by molar-refractivity contribution is -0.204. The predicted octanol–water partition coefficient (Wildman–Crippen LogP) is 5.55. The van der Waals surface area contributed by atoms with Crippen molar-refractivity contribution >= 4 is 34.3 Å². The predicted molar refractivity (Wildman–Crippen MR) is 292 cm³/mol. The number of hydrogen-bond acceptors (Lipinski definition) is 14. The molecular weight excluding hydrogens is 979 g/mol. The maximum atomic E-state index is 15.7. The van der Waals surface area contributed by atoms with Crippen molar-refractivity contribution in [2.45, 2.75) is 138 Å². The fourth-order valence-electron chi connectivity index (χ4n) is 17.2. The molecule has 10 atom stereocenters. The largest absolute Gasteiger partial charge is 0.496 e. The zero-order valence-electron chi connectivity index (χ0n) is 46.4. The monoisotopic (exact) mass is 1060 g/mol. The highest BCUT2D eigenvalue weighted by molar-refractivity contribution is 5.95. The summed E-state index contributed by atoms with van der Waals surface area (Å²) in [7, 11) is 6.63. The van der Waals surface area contributed by atoms with E-state index >= 15 is 9.59 Å². The number of amides is 1. The smallest absolute Gasteiger partial charge is 0.322 e. The molecule has 5 unspecified atom stereocenters. The second kappa shape index (κ2) is 20.6. The normalized spacial score (nSPS) is 36.8. The lowest BCUT2D eigenvalue weighted by Gasteiger charge is -2.63. The van der Waals surface area contributed by atoms with E-state index in [1.165, 1.54) is 7.11 Å². The van der Waals surface area contributed by atoms with Gasteiger partial charge in [-0.2, -0.15) is 0 Å². The molecule has 4 saturated carbocycles. The van der Waals surface area contributed by atoms with Crippen LogP contribution in [0.15, 0.2) is 48.6 Å². The molecule has 419 valence electrons. The van der Waals surface area contributed by atoms with Crippen LogP contribution in [0.4, 0.5) is 5.69 Å². The van der Waals surface area contributed by atoms with E-state index in [9.17, 15) is 20.1 Å². The van der Waals surface area contributed by atoms with Crippen molar-refractivity contribution in [3.05, 3.63) is 77.4 Å². The molecule has 1 spiro atoms. The minimum absolute atomic E-state index is 0.0861. The third kappa shape index (κ3) is 8.54. The number of benzene rings is 2. The maximum Gasteiger partial charge on any atom is 0.322 e. The number of aliphatic hydroxyl groups excluding tert-OH is 1. The summed E-state index contributed by atoms with van der Waals surface area (Å²) in [5.41, 5.74) is -1.80. The molecule has 1 radical (unpaired) electrons. The molecule has 2 saturated heterocycles. The van der Waals surface area contributed by atoms with E-state index in [1.807, 2.05) is 43.1 Å². The van der Waals surface area contributed by atoms with Gasteiger partial charge in [0.15, 0.2) is 11.4 Å². The van der Waals surface area contributed by atoms with Crippen LogP contribution in [-0.4, -0.2) is 178 Å². The molecule has 16 heteroatoms. The molecule has 12 rings (SSSR count). The summed E-state index contributed by atoms with van der Waals surface area (Å²) in [6.45, 7) is 9.52. The molecule has 16 nitrogen and oxygen atoms in total. The third-order valence-electron chi connectivity index (χ3n) is 21.1. The number of hydrogen-bond donors (Lipinski definition) is 5. The zero-order chi connectivity index (χ0) is 54.2. The average Bonchev–Trinajstić information content (AvgIpc) is 4.30. The Bertz CT molecular complexity index is 2740. The van der Waals surface area contributed by atoms with Crippen LogP contribution in [0.1, 0.15) is 113 Å². The lowest BCUT2D eigenvalue weighted by atomic mass is 9.47. The Morgan fingerprint density at radius 2 is 1.61 bits per heavy atom. The van der Waals surface area contributed by atoms with Gasteiger partial charge in [-0.3, -0.25) is 24.2 Å². The molecule has 4 bridgehead atoms. The number of aliphatic hydroxyl groups is 3. The number of rotatable bonds is 19. The number of esters is 1. The van der Waals surface area contributed by atoms with Gasteiger partial charge < -0.3 is 54.2 Å². The number of nitrogens with one attached hydrogen (secondary N) is 2. The minimum atomic E-state index is -2.28. The molecule has 5 N–H and O–H groups in total. The number of H-pyrrole nitrogens is 1. The number of para-hydroxylation sites is 1. The topological polar surface area (TPSA) is 196 Å². The highest BCUT2D eigenvalue weighted by atomic mass is 16.5. The highest BCUT2D eigenvalue weighted by Crippen LogP contribution is 2.68. The Kier molecular flexibility index (Phi) is 14.6. The van der Waals surface area contributed by atoms with E-state index in [4.69, 9.17) is 23.7 Å². The first-order valence-corrected chi connectivity index (χ1v) is 28.8. The van der Waals surface area contributed by atoms with E-state index in [2.05, 4.69) is 57.7 Å². The molecule has 1 amide bonds. The Hall–Kier alpha value is -4.39. The Morgan fingerprint density at radius 3 is 2.34 bits per heavy atom. The van der Waals surface area contributed by atoms with E-state index in [0.29, 0.717) is 109 Å². The summed E-state index contributed by atoms with van der Waals surface area (Å²) in [5, 5.41) is 43.5. The fraction of sp³-hybridized carbons (Fsp3) is 0.672. The number of nitrogens with zero attached hydrogens (tertiary/aromatic N) is 3. The quantitative estimate of drug-likeness (QED) is 0.0570. The van der Waals surface area contributed by atoms with Crippen LogP contribution in [0.2, 0.25) is 0 Å². The van der Waals surface area contributed by atoms with Gasteiger partial charge in [-0.15, -0.1) is 0 Å². The molecule has 5 aliphatic heterocycles. The minimum Gasteiger partial charge on any atom is -0.496 e. The van der Waals surface area contributed by atoms with Crippen molar-refractivity contribution in [3.63, 3.8) is 0 Å². The standard InChI is InChI=1S/C61H84N5O11/c1-7-57(71)34-40-35-60(54(70)75-6,49-43(15-26-65(36-40)39-57)42-12-9-10-13-46(42)63-49)45-32-44-47(33-48(45)74-5)64(3)51-59(44)24-27-66-25-11-16-58(8-2,50(59)66)52(68)61(51,72)53(69)62-38-56-21-18-55(19-22-56,20-23-56)17-14-41(67)37-77-31-30-76-29-28-73-4/h9-13,16,32-34,40,50-52,63,68,71-72H,7-8,14-15,17-31,35-39H2,1-6H3,(H,62,69)/t40?,50?,51?,52-,55?,56?,57+,58-,59?,60+,61+/m1/s1. The Labute approximate surface area is 454 Å². The second-order valence-corrected chi connectivity index (χ2v) is 24.7. The van der Waals surface area contributed by atoms with Crippen molar-refractivity contribution in [3.8, 4) is 5.75 Å². The van der Waals surface area contributed by atoms with Crippen molar-refractivity contribution in [2.75, 3.05) is 106 Å². The number of aromatic amines is 1. The number of anilines is 1. The van der Waals surface area contributed by atoms with Crippen LogP contribution in [0.3, 0.4) is 0 Å². The van der Waals surface area contributed by atoms with Crippen LogP contribution >= 0.6 is 0 Å². The first kappa shape index (κ1) is 54.6. The fourth-order valence-corrected chi connectivity index (χ4v) is 17.2. The molecule has 77 heavy (non-hydrogen) atoms. The summed E-state index contributed by atoms with van der Waals surface area (Å²) >= 11 is 0. The van der Waals surface area contributed by atoms with E-state index in [1.54, 1.807) is 14.2 Å². The molecular formula is C61H84N5O11. The maximum absolute atomic E-state index is 15.7. The van der Waals surface area contributed by atoms with Gasteiger partial charge in [0.2, 0.25) is 0 Å². The summed E-state index contributed by atoms with van der Waals surface area (Å²) in [6, 6.07) is 11.1. The molecule has 3 aromatic rings. The number of ketones is 1. The molecule has 4 aliphatic carbocycles. The highest BCUT2D eigenvalue weighted by Gasteiger charge is 2.79. The van der Waals surface area contributed by atoms with Gasteiger partial charge in [-0.1, -0.05) is 44.2 Å². The molecule has 9 aliphatic rings. The van der Waals surface area contributed by atoms with Gasteiger partial charge in [-0.05, 0) is 130 Å². The van der Waals surface area contributed by atoms with Crippen LogP contribution in [0.5, 0.6) is 5.75 Å². The van der Waals surface area contributed by atoms with Crippen molar-refractivity contribution in [2.24, 2.45) is 22.2 Å². The van der Waals surface area contributed by atoms with Crippen LogP contribution in [-0.2, 0) is 50.6 Å². The first-order valence-electron chi connectivity index (χ1n) is 28.8. The third-order valence-corrected chi connectivity index (χ3v) is 21.1. The number of likely N-dealkylation sites (N-methyl/N-ethyl adjacent to an activating group) is 1. The molecule has 6 heterocycles. The van der Waals surface area contributed by atoms with Crippen molar-refractivity contribution < 1.29 is 53.4 Å². The number of Topliss-reactive ketones (excluding diaryl/α,β-unsaturated/α-hetero) is 1. The Balaban J connectivity index is 0.943. The van der Waals surface area contributed by atoms with Crippen molar-refractivity contribution in [1.82, 2.24) is 20.1 Å². The van der Waals surface area contributed by atoms with Gasteiger partial charge in [-0.25, -0.2) is 0 Å². The van der Waals surface area contributed by atoms with E-state index in [0.717, 1.165) is 78.4 Å². The van der Waals surface area contributed by atoms with E-state index in [-0.39, 0.29) is 41.6 Å². The van der Waals surface area contributed by atoms with Gasteiger partial charge in [0.05, 0.1) is 52.3 Å². The number of carbonyl (C=O) groups is 3. The number of fused-ring (bicyclic) bond motifs is 9. The van der Waals surface area contributed by atoms with Crippen LogP contribution in [0.25, 0.3) is 10.9 Å². The Morgan fingerprint density at radius 1 is 0.870 bits per heavy atom. The van der Waals surface area contributed by atoms with Gasteiger partial charge in [0.1, 0.15) is 23.9 Å². The van der Waals surface area contributed by atoms with Gasteiger partial charge in [0, 0.05) is 104 Å². The summed E-state index contributed by atoms with van der Waals surface area (Å²) in [5.74, 6) is -0.668. The summed E-state index contributed by atoms with van der Waals surface area (Å²) in [4.78, 5) is 54.7. The zero-order valence-corrected chi connectivity index (χ0v) is 46.4. The summed E-state index contributed by atoms with van der Waals surface area (Å²) in [6.07, 6.45) is 14.2. The van der Waals surface area contributed by atoms with Crippen LogP contribution < -0.4 is 15.0 Å². The SMILES string of the molecule is CC[C@]1(O)[CH]C2CN(CCc3c([nH]c4ccccc34)[C@@](C(=O)OC)(c3cc4c(cc3OC)N(C)C3C45CCN4CC=C[C@](CC)(C45)[C@@H](O)[C@]3(O)C(=O)NCC34CCC(CCC(=O)COCCOCCOC)(CC3)CC4)C2)C1. The number of carbonyl (C=O) groups excluding carboxylic acids is 3. The van der Waals surface area contributed by atoms with Gasteiger partial charge >= 0.3 is 5.97 Å². The summed E-state index contributed by atoms with van der Waals surface area (Å²) < 4.78 is 28.6. The molecule has 6 fully saturated rings. The van der Waals surface area contributed by atoms with Gasteiger partial charge in [0.25, 0.3) is 5.91 Å². The molecule has 1 aromatic heterocycles. The number of methoxy groups -OCH3 is 3. The van der Waals surface area contributed by atoms with Crippen molar-refractivity contribution in [1.29, 1.82) is 0 Å². The first-order chi connectivity index (χ1) is 37.0. The number of piperidine rings is 1. The average molecular weight is 1060 g/mol. The van der Waals surface area contributed by atoms with Crippen LogP contribution in [0, 0.1) is 28.6 Å². The van der Waals surface area contributed by atoms with E-state index < -0.39 is 51.5 Å². The number of ether oxygens (including phenoxy) is 5. The second-order valence-electron chi connectivity index (χ2n) is 24.7. The molecule has 2 aromatic carbocycles. The lowest BCUT2D eigenvalue weighted by Crippen LogP contribution is -2.82.